The average molecular weight is 403 g/mol. The number of aromatic nitrogens is 2. The Bertz CT molecular complexity index is 882. The molecular formula is C18H18N4O3S2. The highest BCUT2D eigenvalue weighted by Gasteiger charge is 2.09. The fourth-order valence-corrected chi connectivity index (χ4v) is 3.69. The summed E-state index contributed by atoms with van der Waals surface area (Å²) in [5.41, 5.74) is 1.61. The van der Waals surface area contributed by atoms with Gasteiger partial charge in [0.1, 0.15) is 11.5 Å². The summed E-state index contributed by atoms with van der Waals surface area (Å²) in [4.78, 5) is 12.1. The molecule has 7 nitrogen and oxygen atoms in total. The van der Waals surface area contributed by atoms with Crippen LogP contribution in [0, 0.1) is 0 Å². The fourth-order valence-electron chi connectivity index (χ4n) is 2.12. The molecule has 0 aliphatic heterocycles. The van der Waals surface area contributed by atoms with Crippen molar-refractivity contribution in [3.05, 3.63) is 48.5 Å². The molecule has 140 valence electrons. The van der Waals surface area contributed by atoms with Gasteiger partial charge in [-0.15, -0.1) is 10.2 Å². The fraction of sp³-hybridized carbons (Fsp3) is 0.167. The van der Waals surface area contributed by atoms with Crippen LogP contribution in [0.15, 0.2) is 52.9 Å². The molecular weight excluding hydrogens is 384 g/mol. The zero-order valence-electron chi connectivity index (χ0n) is 14.8. The first-order valence-corrected chi connectivity index (χ1v) is 9.78. The van der Waals surface area contributed by atoms with Gasteiger partial charge in [0.15, 0.2) is 4.34 Å². The Labute approximate surface area is 165 Å². The maximum atomic E-state index is 12.1. The van der Waals surface area contributed by atoms with Gasteiger partial charge < -0.3 is 20.1 Å². The maximum Gasteiger partial charge on any atom is 0.234 e. The van der Waals surface area contributed by atoms with Crippen LogP contribution in [-0.2, 0) is 4.79 Å². The van der Waals surface area contributed by atoms with Gasteiger partial charge in [0.2, 0.25) is 11.0 Å². The number of anilines is 3. The number of ether oxygens (including phenoxy) is 2. The third kappa shape index (κ3) is 5.60. The number of carbonyl (C=O) groups excluding carboxylic acids is 1. The van der Waals surface area contributed by atoms with E-state index in [1.165, 1.54) is 23.1 Å². The Hall–Kier alpha value is -2.78. The highest BCUT2D eigenvalue weighted by atomic mass is 32.2. The van der Waals surface area contributed by atoms with Gasteiger partial charge in [-0.2, -0.15) is 0 Å². The lowest BCUT2D eigenvalue weighted by Gasteiger charge is -2.05. The summed E-state index contributed by atoms with van der Waals surface area (Å²) in [6.45, 7) is 0. The van der Waals surface area contributed by atoms with E-state index in [-0.39, 0.29) is 11.7 Å². The first kappa shape index (κ1) is 19.0. The number of rotatable bonds is 8. The second kappa shape index (κ2) is 9.24. The van der Waals surface area contributed by atoms with Crippen molar-refractivity contribution in [2.75, 3.05) is 30.6 Å². The lowest BCUT2D eigenvalue weighted by atomic mass is 10.3. The number of nitrogens with one attached hydrogen (secondary N) is 2. The van der Waals surface area contributed by atoms with Crippen molar-refractivity contribution in [2.45, 2.75) is 4.34 Å². The molecule has 0 aliphatic carbocycles. The molecule has 0 bridgehead atoms. The number of hydrogen-bond acceptors (Lipinski definition) is 8. The molecule has 0 unspecified atom stereocenters. The minimum absolute atomic E-state index is 0.106. The molecule has 0 atom stereocenters. The lowest BCUT2D eigenvalue weighted by Crippen LogP contribution is -2.13. The van der Waals surface area contributed by atoms with Gasteiger partial charge >= 0.3 is 0 Å². The zero-order chi connectivity index (χ0) is 19.1. The molecule has 0 fully saturated rings. The van der Waals surface area contributed by atoms with Crippen molar-refractivity contribution in [3.8, 4) is 11.5 Å². The average Bonchev–Trinajstić information content (AvgIpc) is 3.15. The molecule has 2 aromatic carbocycles. The Kier molecular flexibility index (Phi) is 6.50. The third-order valence-electron chi connectivity index (χ3n) is 3.45. The summed E-state index contributed by atoms with van der Waals surface area (Å²) in [6, 6.07) is 14.7. The van der Waals surface area contributed by atoms with Crippen LogP contribution in [-0.4, -0.2) is 36.1 Å². The number of nitrogens with zero attached hydrogens (tertiary/aromatic N) is 2. The molecule has 0 saturated carbocycles. The predicted molar refractivity (Wildman–Crippen MR) is 109 cm³/mol. The van der Waals surface area contributed by atoms with E-state index < -0.39 is 0 Å². The smallest absolute Gasteiger partial charge is 0.234 e. The van der Waals surface area contributed by atoms with E-state index in [2.05, 4.69) is 20.8 Å². The molecule has 27 heavy (non-hydrogen) atoms. The van der Waals surface area contributed by atoms with E-state index in [1.54, 1.807) is 38.5 Å². The first-order valence-electron chi connectivity index (χ1n) is 7.97. The number of hydrogen-bond donors (Lipinski definition) is 2. The van der Waals surface area contributed by atoms with Crippen molar-refractivity contribution in [1.29, 1.82) is 0 Å². The molecule has 0 saturated heterocycles. The van der Waals surface area contributed by atoms with Gasteiger partial charge in [-0.1, -0.05) is 23.1 Å². The molecule has 2 N–H and O–H groups in total. The van der Waals surface area contributed by atoms with Crippen LogP contribution >= 0.6 is 23.1 Å². The summed E-state index contributed by atoms with van der Waals surface area (Å²) < 4.78 is 10.9. The Morgan fingerprint density at radius 1 is 0.963 bits per heavy atom. The standard InChI is InChI=1S/C18H18N4O3S2/c1-24-14-7-3-12(4-8-14)19-16(23)11-26-18-22-21-17(27-18)20-13-5-9-15(25-2)10-6-13/h3-10H,11H2,1-2H3,(H,19,23)(H,20,21). The van der Waals surface area contributed by atoms with E-state index in [9.17, 15) is 4.79 Å². The third-order valence-corrected chi connectivity index (χ3v) is 5.42. The van der Waals surface area contributed by atoms with Crippen molar-refractivity contribution in [1.82, 2.24) is 10.2 Å². The van der Waals surface area contributed by atoms with Crippen molar-refractivity contribution in [2.24, 2.45) is 0 Å². The number of thioether (sulfide) groups is 1. The molecule has 3 aromatic rings. The van der Waals surface area contributed by atoms with Gasteiger partial charge in [0, 0.05) is 11.4 Å². The van der Waals surface area contributed by atoms with E-state index in [0.29, 0.717) is 5.13 Å². The number of methoxy groups -OCH3 is 2. The summed E-state index contributed by atoms with van der Waals surface area (Å²) in [5.74, 6) is 1.68. The van der Waals surface area contributed by atoms with Crippen LogP contribution < -0.4 is 20.1 Å². The van der Waals surface area contributed by atoms with Crippen LogP contribution in [0.1, 0.15) is 0 Å². The van der Waals surface area contributed by atoms with E-state index in [4.69, 9.17) is 9.47 Å². The largest absolute Gasteiger partial charge is 0.497 e. The summed E-state index contributed by atoms with van der Waals surface area (Å²) in [5, 5.41) is 14.9. The molecule has 1 aromatic heterocycles. The van der Waals surface area contributed by atoms with Crippen LogP contribution in [0.3, 0.4) is 0 Å². The zero-order valence-corrected chi connectivity index (χ0v) is 16.4. The van der Waals surface area contributed by atoms with Crippen molar-refractivity contribution >= 4 is 45.5 Å². The quantitative estimate of drug-likeness (QED) is 0.550. The van der Waals surface area contributed by atoms with E-state index in [1.807, 2.05) is 24.3 Å². The van der Waals surface area contributed by atoms with Crippen molar-refractivity contribution in [3.63, 3.8) is 0 Å². The Morgan fingerprint density at radius 3 is 2.15 bits per heavy atom. The van der Waals surface area contributed by atoms with E-state index in [0.717, 1.165) is 27.2 Å². The monoisotopic (exact) mass is 402 g/mol. The van der Waals surface area contributed by atoms with Gasteiger partial charge in [-0.05, 0) is 48.5 Å². The molecule has 0 radical (unpaired) electrons. The number of carbonyl (C=O) groups is 1. The SMILES string of the molecule is COc1ccc(NC(=O)CSc2nnc(Nc3ccc(OC)cc3)s2)cc1. The van der Waals surface area contributed by atoms with Crippen molar-refractivity contribution < 1.29 is 14.3 Å². The molecule has 1 heterocycles. The Morgan fingerprint density at radius 2 is 1.56 bits per heavy atom. The number of amides is 1. The predicted octanol–water partition coefficient (Wildman–Crippen LogP) is 4.03. The maximum absolute atomic E-state index is 12.1. The minimum Gasteiger partial charge on any atom is -0.497 e. The normalized spacial score (nSPS) is 10.3. The first-order chi connectivity index (χ1) is 13.2. The van der Waals surface area contributed by atoms with Gasteiger partial charge in [-0.25, -0.2) is 0 Å². The summed E-state index contributed by atoms with van der Waals surface area (Å²) in [6.07, 6.45) is 0. The molecule has 1 amide bonds. The molecule has 0 spiro atoms. The van der Waals surface area contributed by atoms with Crippen LogP contribution in [0.25, 0.3) is 0 Å². The van der Waals surface area contributed by atoms with Gasteiger partial charge in [-0.3, -0.25) is 4.79 Å². The second-order valence-corrected chi connectivity index (χ2v) is 7.49. The van der Waals surface area contributed by atoms with Crippen LogP contribution in [0.4, 0.5) is 16.5 Å². The van der Waals surface area contributed by atoms with Gasteiger partial charge in [0.05, 0.1) is 20.0 Å². The van der Waals surface area contributed by atoms with E-state index >= 15 is 0 Å². The second-order valence-electron chi connectivity index (χ2n) is 5.29. The van der Waals surface area contributed by atoms with Gasteiger partial charge in [0.25, 0.3) is 0 Å². The molecule has 0 aliphatic rings. The topological polar surface area (TPSA) is 85.4 Å². The summed E-state index contributed by atoms with van der Waals surface area (Å²) >= 11 is 2.73. The molecule has 3 rings (SSSR count). The van der Waals surface area contributed by atoms with Crippen LogP contribution in [0.2, 0.25) is 0 Å². The minimum atomic E-state index is -0.106. The lowest BCUT2D eigenvalue weighted by molar-refractivity contribution is -0.113. The number of benzene rings is 2. The highest BCUT2D eigenvalue weighted by Crippen LogP contribution is 2.28. The Balaban J connectivity index is 1.48. The molecule has 9 heteroatoms. The summed E-state index contributed by atoms with van der Waals surface area (Å²) in [7, 11) is 3.23. The van der Waals surface area contributed by atoms with Crippen LogP contribution in [0.5, 0.6) is 11.5 Å². The highest BCUT2D eigenvalue weighted by molar-refractivity contribution is 8.01.